The molecular formula is C23H20ClN3O3S. The highest BCUT2D eigenvalue weighted by atomic mass is 35.5. The van der Waals surface area contributed by atoms with Gasteiger partial charge in [0.05, 0.1) is 12.3 Å². The summed E-state index contributed by atoms with van der Waals surface area (Å²) >= 11 is 7.33. The van der Waals surface area contributed by atoms with E-state index in [-0.39, 0.29) is 12.5 Å². The van der Waals surface area contributed by atoms with E-state index < -0.39 is 5.97 Å². The molecule has 0 aliphatic rings. The van der Waals surface area contributed by atoms with Crippen LogP contribution in [0.1, 0.15) is 39.0 Å². The number of fused-ring (bicyclic) bond motifs is 1. The Labute approximate surface area is 188 Å². The minimum atomic E-state index is -0.476. The number of hydrogen-bond donors (Lipinski definition) is 1. The highest BCUT2D eigenvalue weighted by Gasteiger charge is 2.25. The molecule has 0 fully saturated rings. The predicted molar refractivity (Wildman–Crippen MR) is 123 cm³/mol. The minimum absolute atomic E-state index is 0.239. The first-order valence-electron chi connectivity index (χ1n) is 9.70. The SMILES string of the molecule is CCOC(=O)c1c(-c2ccc(C)cc2)csc1NC(=O)c1c(C)nc2cc(Cl)ccn12. The highest BCUT2D eigenvalue weighted by Crippen LogP contribution is 2.36. The number of carbonyl (C=O) groups is 2. The molecule has 1 N–H and O–H groups in total. The van der Waals surface area contributed by atoms with Gasteiger partial charge in [-0.2, -0.15) is 0 Å². The first-order chi connectivity index (χ1) is 14.9. The van der Waals surface area contributed by atoms with Gasteiger partial charge >= 0.3 is 5.97 Å². The first kappa shape index (κ1) is 21.1. The fourth-order valence-corrected chi connectivity index (χ4v) is 4.48. The molecule has 0 aliphatic heterocycles. The summed E-state index contributed by atoms with van der Waals surface area (Å²) in [5, 5.41) is 5.71. The Morgan fingerprint density at radius 3 is 2.65 bits per heavy atom. The number of pyridine rings is 1. The van der Waals surface area contributed by atoms with Crippen molar-refractivity contribution in [3.8, 4) is 11.1 Å². The van der Waals surface area contributed by atoms with E-state index in [1.807, 2.05) is 36.6 Å². The van der Waals surface area contributed by atoms with Crippen LogP contribution in [0.2, 0.25) is 5.02 Å². The number of aromatic nitrogens is 2. The Hall–Kier alpha value is -3.16. The van der Waals surface area contributed by atoms with E-state index in [0.29, 0.717) is 32.6 Å². The van der Waals surface area contributed by atoms with Crippen molar-refractivity contribution in [2.24, 2.45) is 0 Å². The third-order valence-electron chi connectivity index (χ3n) is 4.84. The van der Waals surface area contributed by atoms with E-state index in [0.717, 1.165) is 16.7 Å². The van der Waals surface area contributed by atoms with Crippen molar-refractivity contribution < 1.29 is 14.3 Å². The summed E-state index contributed by atoms with van der Waals surface area (Å²) in [4.78, 5) is 30.4. The summed E-state index contributed by atoms with van der Waals surface area (Å²) in [6.45, 7) is 5.75. The van der Waals surface area contributed by atoms with Gasteiger partial charge in [-0.15, -0.1) is 11.3 Å². The maximum Gasteiger partial charge on any atom is 0.341 e. The molecule has 0 unspecified atom stereocenters. The Bertz CT molecular complexity index is 1290. The smallest absolute Gasteiger partial charge is 0.341 e. The van der Waals surface area contributed by atoms with Crippen LogP contribution in [0.4, 0.5) is 5.00 Å². The summed E-state index contributed by atoms with van der Waals surface area (Å²) < 4.78 is 6.95. The van der Waals surface area contributed by atoms with Gasteiger partial charge in [0.25, 0.3) is 5.91 Å². The molecule has 0 saturated heterocycles. The number of aryl methyl sites for hydroxylation is 2. The fraction of sp³-hybridized carbons (Fsp3) is 0.174. The minimum Gasteiger partial charge on any atom is -0.462 e. The number of nitrogens with zero attached hydrogens (tertiary/aromatic N) is 2. The molecule has 4 rings (SSSR count). The lowest BCUT2D eigenvalue weighted by molar-refractivity contribution is 0.0529. The largest absolute Gasteiger partial charge is 0.462 e. The molecule has 3 heterocycles. The van der Waals surface area contributed by atoms with Gasteiger partial charge in [0.2, 0.25) is 0 Å². The van der Waals surface area contributed by atoms with Gasteiger partial charge in [0, 0.05) is 28.2 Å². The average molecular weight is 454 g/mol. The van der Waals surface area contributed by atoms with Gasteiger partial charge < -0.3 is 10.1 Å². The fourth-order valence-electron chi connectivity index (χ4n) is 3.37. The number of imidazole rings is 1. The van der Waals surface area contributed by atoms with Crippen LogP contribution >= 0.6 is 22.9 Å². The number of carbonyl (C=O) groups excluding carboxylic acids is 2. The summed E-state index contributed by atoms with van der Waals surface area (Å²) in [5.41, 5.74) is 4.59. The molecule has 0 saturated carbocycles. The number of ether oxygens (including phenoxy) is 1. The second-order valence-electron chi connectivity index (χ2n) is 7.01. The molecule has 1 amide bonds. The van der Waals surface area contributed by atoms with Gasteiger partial charge in [-0.1, -0.05) is 41.4 Å². The normalized spacial score (nSPS) is 11.0. The van der Waals surface area contributed by atoms with E-state index in [9.17, 15) is 9.59 Å². The maximum absolute atomic E-state index is 13.2. The monoisotopic (exact) mass is 453 g/mol. The summed E-state index contributed by atoms with van der Waals surface area (Å²) in [7, 11) is 0. The quantitative estimate of drug-likeness (QED) is 0.390. The maximum atomic E-state index is 13.2. The van der Waals surface area contributed by atoms with Crippen LogP contribution in [0.15, 0.2) is 48.0 Å². The number of anilines is 1. The van der Waals surface area contributed by atoms with Crippen LogP contribution in [-0.4, -0.2) is 27.9 Å². The molecule has 0 spiro atoms. The van der Waals surface area contributed by atoms with Gasteiger partial charge in [-0.3, -0.25) is 9.20 Å². The number of thiophene rings is 1. The Morgan fingerprint density at radius 1 is 1.19 bits per heavy atom. The van der Waals surface area contributed by atoms with Crippen molar-refractivity contribution in [2.45, 2.75) is 20.8 Å². The average Bonchev–Trinajstić information content (AvgIpc) is 3.28. The van der Waals surface area contributed by atoms with Crippen LogP contribution in [0.25, 0.3) is 16.8 Å². The highest BCUT2D eigenvalue weighted by molar-refractivity contribution is 7.15. The molecule has 0 aliphatic carbocycles. The van der Waals surface area contributed by atoms with Crippen molar-refractivity contribution in [1.82, 2.24) is 9.38 Å². The molecule has 31 heavy (non-hydrogen) atoms. The Balaban J connectivity index is 1.75. The van der Waals surface area contributed by atoms with E-state index in [4.69, 9.17) is 16.3 Å². The van der Waals surface area contributed by atoms with Gasteiger partial charge in [0.1, 0.15) is 21.9 Å². The number of halogens is 1. The summed E-state index contributed by atoms with van der Waals surface area (Å²) in [5.74, 6) is -0.841. The zero-order valence-electron chi connectivity index (χ0n) is 17.2. The molecule has 8 heteroatoms. The van der Waals surface area contributed by atoms with Gasteiger partial charge in [-0.25, -0.2) is 9.78 Å². The van der Waals surface area contributed by atoms with Gasteiger partial charge in [-0.05, 0) is 32.4 Å². The third-order valence-corrected chi connectivity index (χ3v) is 5.97. The van der Waals surface area contributed by atoms with Crippen molar-refractivity contribution in [3.05, 3.63) is 75.5 Å². The zero-order valence-corrected chi connectivity index (χ0v) is 18.8. The number of esters is 1. The van der Waals surface area contributed by atoms with Crippen LogP contribution in [0, 0.1) is 13.8 Å². The molecule has 1 aromatic carbocycles. The summed E-state index contributed by atoms with van der Waals surface area (Å²) in [6.07, 6.45) is 1.70. The lowest BCUT2D eigenvalue weighted by Gasteiger charge is -2.09. The lowest BCUT2D eigenvalue weighted by Crippen LogP contribution is -2.17. The topological polar surface area (TPSA) is 72.7 Å². The van der Waals surface area contributed by atoms with Crippen LogP contribution in [0.5, 0.6) is 0 Å². The van der Waals surface area contributed by atoms with Crippen LogP contribution < -0.4 is 5.32 Å². The van der Waals surface area contributed by atoms with Gasteiger partial charge in [0.15, 0.2) is 0 Å². The predicted octanol–water partition coefficient (Wildman–Crippen LogP) is 5.76. The molecule has 3 aromatic heterocycles. The molecule has 0 bridgehead atoms. The zero-order chi connectivity index (χ0) is 22.1. The van der Waals surface area contributed by atoms with Crippen LogP contribution in [0.3, 0.4) is 0 Å². The molecule has 6 nitrogen and oxygen atoms in total. The second kappa shape index (κ2) is 8.53. The van der Waals surface area contributed by atoms with Crippen molar-refractivity contribution in [2.75, 3.05) is 11.9 Å². The molecular weight excluding hydrogens is 434 g/mol. The van der Waals surface area contributed by atoms with Crippen LogP contribution in [-0.2, 0) is 4.74 Å². The van der Waals surface area contributed by atoms with Crippen molar-refractivity contribution in [3.63, 3.8) is 0 Å². The number of nitrogens with one attached hydrogen (secondary N) is 1. The Morgan fingerprint density at radius 2 is 1.94 bits per heavy atom. The second-order valence-corrected chi connectivity index (χ2v) is 8.33. The number of hydrogen-bond acceptors (Lipinski definition) is 5. The molecule has 0 atom stereocenters. The van der Waals surface area contributed by atoms with E-state index in [1.165, 1.54) is 11.3 Å². The third kappa shape index (κ3) is 4.06. The molecule has 4 aromatic rings. The van der Waals surface area contributed by atoms with E-state index >= 15 is 0 Å². The van der Waals surface area contributed by atoms with Crippen molar-refractivity contribution in [1.29, 1.82) is 0 Å². The standard InChI is InChI=1S/C23H20ClN3O3S/c1-4-30-23(29)19-17(15-7-5-13(2)6-8-15)12-31-22(19)26-21(28)20-14(3)25-18-11-16(24)9-10-27(18)20/h5-12H,4H2,1-3H3,(H,26,28). The number of amides is 1. The summed E-state index contributed by atoms with van der Waals surface area (Å²) in [6, 6.07) is 11.2. The first-order valence-corrected chi connectivity index (χ1v) is 11.0. The van der Waals surface area contributed by atoms with E-state index in [1.54, 1.807) is 36.6 Å². The molecule has 0 radical (unpaired) electrons. The Kier molecular flexibility index (Phi) is 5.80. The molecule has 158 valence electrons. The lowest BCUT2D eigenvalue weighted by atomic mass is 10.0. The number of rotatable bonds is 5. The van der Waals surface area contributed by atoms with Crippen molar-refractivity contribution >= 4 is 45.5 Å². The number of benzene rings is 1. The van der Waals surface area contributed by atoms with E-state index in [2.05, 4.69) is 10.3 Å².